The predicted octanol–water partition coefficient (Wildman–Crippen LogP) is 1.32. The second-order valence-electron chi connectivity index (χ2n) is 4.34. The van der Waals surface area contributed by atoms with Crippen LogP contribution in [0.3, 0.4) is 0 Å². The Labute approximate surface area is 115 Å². The molecule has 0 aliphatic heterocycles. The van der Waals surface area contributed by atoms with E-state index in [0.717, 1.165) is 6.42 Å². The minimum atomic E-state index is -0.609. The molecule has 102 valence electrons. The van der Waals surface area contributed by atoms with Gasteiger partial charge in [-0.1, -0.05) is 31.9 Å². The van der Waals surface area contributed by atoms with Crippen LogP contribution in [-0.4, -0.2) is 31.9 Å². The third-order valence-corrected chi connectivity index (χ3v) is 3.31. The van der Waals surface area contributed by atoms with Crippen molar-refractivity contribution in [3.05, 3.63) is 11.5 Å². The molecule has 2 aromatic heterocycles. The molecule has 8 heteroatoms. The normalized spacial score (nSPS) is 14.3. The smallest absolute Gasteiger partial charge is 0.243 e. The van der Waals surface area contributed by atoms with Crippen molar-refractivity contribution in [2.24, 2.45) is 11.7 Å². The Kier molecular flexibility index (Phi) is 3.96. The standard InChI is InChI=1S/C11H15ClN6O/c1-3-5(2)6(13)10(19)18-11-16-8(12)7-9(17-11)15-4-14-7/h4-6H,3,13H2,1-2H3,(H2,14,15,16,17,18,19)/t5?,6-/m0/s1. The lowest BCUT2D eigenvalue weighted by molar-refractivity contribution is -0.118. The molecule has 1 unspecified atom stereocenters. The number of carbonyl (C=O) groups is 1. The molecule has 0 spiro atoms. The Morgan fingerprint density at radius 1 is 1.58 bits per heavy atom. The summed E-state index contributed by atoms with van der Waals surface area (Å²) in [5.41, 5.74) is 6.76. The van der Waals surface area contributed by atoms with Crippen molar-refractivity contribution in [1.29, 1.82) is 0 Å². The molecule has 19 heavy (non-hydrogen) atoms. The number of carbonyl (C=O) groups excluding carboxylic acids is 1. The number of rotatable bonds is 4. The molecule has 7 nitrogen and oxygen atoms in total. The number of hydrogen-bond donors (Lipinski definition) is 3. The number of aromatic nitrogens is 4. The van der Waals surface area contributed by atoms with Crippen LogP contribution < -0.4 is 11.1 Å². The zero-order chi connectivity index (χ0) is 14.0. The lowest BCUT2D eigenvalue weighted by Crippen LogP contribution is -2.41. The van der Waals surface area contributed by atoms with Gasteiger partial charge < -0.3 is 10.7 Å². The van der Waals surface area contributed by atoms with E-state index in [0.29, 0.717) is 11.2 Å². The molecule has 2 atom stereocenters. The number of nitrogens with one attached hydrogen (secondary N) is 2. The maximum atomic E-state index is 11.9. The van der Waals surface area contributed by atoms with Gasteiger partial charge in [0.05, 0.1) is 12.4 Å². The first kappa shape index (κ1) is 13.7. The molecule has 0 saturated carbocycles. The molecule has 0 aliphatic carbocycles. The summed E-state index contributed by atoms with van der Waals surface area (Å²) in [4.78, 5) is 26.7. The molecule has 4 N–H and O–H groups in total. The van der Waals surface area contributed by atoms with Crippen molar-refractivity contribution in [2.75, 3.05) is 5.32 Å². The topological polar surface area (TPSA) is 110 Å². The van der Waals surface area contributed by atoms with Gasteiger partial charge in [-0.15, -0.1) is 0 Å². The van der Waals surface area contributed by atoms with Gasteiger partial charge in [0.15, 0.2) is 10.8 Å². The average Bonchev–Trinajstić information content (AvgIpc) is 2.85. The maximum Gasteiger partial charge on any atom is 0.243 e. The van der Waals surface area contributed by atoms with Crippen LogP contribution >= 0.6 is 11.6 Å². The Bertz CT molecular complexity index is 598. The zero-order valence-corrected chi connectivity index (χ0v) is 11.4. The van der Waals surface area contributed by atoms with Gasteiger partial charge in [0.1, 0.15) is 5.52 Å². The van der Waals surface area contributed by atoms with E-state index in [9.17, 15) is 4.79 Å². The fraction of sp³-hybridized carbons (Fsp3) is 0.455. The molecule has 2 rings (SSSR count). The number of anilines is 1. The molecular weight excluding hydrogens is 268 g/mol. The Morgan fingerprint density at radius 2 is 2.32 bits per heavy atom. The number of fused-ring (bicyclic) bond motifs is 1. The first-order chi connectivity index (χ1) is 9.02. The van der Waals surface area contributed by atoms with Crippen molar-refractivity contribution < 1.29 is 4.79 Å². The third kappa shape index (κ3) is 2.82. The van der Waals surface area contributed by atoms with Crippen LogP contribution in [0.4, 0.5) is 5.95 Å². The second kappa shape index (κ2) is 5.50. The fourth-order valence-corrected chi connectivity index (χ4v) is 1.78. The highest BCUT2D eigenvalue weighted by Gasteiger charge is 2.20. The number of nitrogens with two attached hydrogens (primary N) is 1. The first-order valence-electron chi connectivity index (χ1n) is 5.96. The summed E-state index contributed by atoms with van der Waals surface area (Å²) < 4.78 is 0. The van der Waals surface area contributed by atoms with Crippen LogP contribution in [0.5, 0.6) is 0 Å². The summed E-state index contributed by atoms with van der Waals surface area (Å²) in [6, 6.07) is -0.609. The molecular formula is C11H15ClN6O. The summed E-state index contributed by atoms with van der Waals surface area (Å²) in [5, 5.41) is 2.76. The lowest BCUT2D eigenvalue weighted by atomic mass is 10.00. The summed E-state index contributed by atoms with van der Waals surface area (Å²) >= 11 is 5.95. The van der Waals surface area contributed by atoms with Gasteiger partial charge in [0.2, 0.25) is 11.9 Å². The molecule has 0 aliphatic rings. The van der Waals surface area contributed by atoms with Gasteiger partial charge in [-0.2, -0.15) is 9.97 Å². The van der Waals surface area contributed by atoms with E-state index in [1.807, 2.05) is 13.8 Å². The number of imidazole rings is 1. The molecule has 0 saturated heterocycles. The van der Waals surface area contributed by atoms with E-state index < -0.39 is 6.04 Å². The molecule has 0 fully saturated rings. The number of amides is 1. The first-order valence-corrected chi connectivity index (χ1v) is 6.33. The molecule has 1 amide bonds. The van der Waals surface area contributed by atoms with Gasteiger partial charge in [0, 0.05) is 0 Å². The summed E-state index contributed by atoms with van der Waals surface area (Å²) in [5.74, 6) is -0.154. The van der Waals surface area contributed by atoms with Crippen molar-refractivity contribution in [2.45, 2.75) is 26.3 Å². The monoisotopic (exact) mass is 282 g/mol. The number of halogens is 1. The van der Waals surface area contributed by atoms with E-state index in [4.69, 9.17) is 17.3 Å². The van der Waals surface area contributed by atoms with Crippen molar-refractivity contribution >= 4 is 34.6 Å². The van der Waals surface area contributed by atoms with E-state index in [2.05, 4.69) is 25.3 Å². The number of hydrogen-bond acceptors (Lipinski definition) is 5. The lowest BCUT2D eigenvalue weighted by Gasteiger charge is -2.16. The van der Waals surface area contributed by atoms with Crippen LogP contribution in [0, 0.1) is 5.92 Å². The molecule has 2 heterocycles. The fourth-order valence-electron chi connectivity index (χ4n) is 1.56. The third-order valence-electron chi connectivity index (χ3n) is 3.04. The summed E-state index contributed by atoms with van der Waals surface area (Å²) in [6.45, 7) is 3.88. The van der Waals surface area contributed by atoms with Crippen LogP contribution in [0.2, 0.25) is 5.15 Å². The largest absolute Gasteiger partial charge is 0.341 e. The highest BCUT2D eigenvalue weighted by Crippen LogP contribution is 2.18. The summed E-state index contributed by atoms with van der Waals surface area (Å²) in [6.07, 6.45) is 2.27. The van der Waals surface area contributed by atoms with Gasteiger partial charge in [-0.3, -0.25) is 10.1 Å². The minimum Gasteiger partial charge on any atom is -0.341 e. The predicted molar refractivity (Wildman–Crippen MR) is 72.8 cm³/mol. The van der Waals surface area contributed by atoms with Crippen LogP contribution in [-0.2, 0) is 4.79 Å². The molecule has 2 aromatic rings. The van der Waals surface area contributed by atoms with Gasteiger partial charge in [-0.05, 0) is 5.92 Å². The number of nitrogens with zero attached hydrogens (tertiary/aromatic N) is 3. The zero-order valence-electron chi connectivity index (χ0n) is 10.6. The van der Waals surface area contributed by atoms with Crippen molar-refractivity contribution in [1.82, 2.24) is 19.9 Å². The van der Waals surface area contributed by atoms with Crippen LogP contribution in [0.15, 0.2) is 6.33 Å². The van der Waals surface area contributed by atoms with E-state index in [1.165, 1.54) is 6.33 Å². The summed E-state index contributed by atoms with van der Waals surface area (Å²) in [7, 11) is 0. The second-order valence-corrected chi connectivity index (χ2v) is 4.70. The van der Waals surface area contributed by atoms with Crippen molar-refractivity contribution in [3.8, 4) is 0 Å². The van der Waals surface area contributed by atoms with E-state index >= 15 is 0 Å². The van der Waals surface area contributed by atoms with Gasteiger partial charge in [0.25, 0.3) is 0 Å². The number of H-pyrrole nitrogens is 1. The van der Waals surface area contributed by atoms with E-state index in [1.54, 1.807) is 0 Å². The number of aromatic amines is 1. The van der Waals surface area contributed by atoms with Gasteiger partial charge in [-0.25, -0.2) is 4.98 Å². The van der Waals surface area contributed by atoms with Gasteiger partial charge >= 0.3 is 0 Å². The minimum absolute atomic E-state index is 0.0737. The molecule has 0 aromatic carbocycles. The molecule has 0 radical (unpaired) electrons. The van der Waals surface area contributed by atoms with E-state index in [-0.39, 0.29) is 22.9 Å². The Hall–Kier alpha value is -1.73. The highest BCUT2D eigenvalue weighted by molar-refractivity contribution is 6.33. The average molecular weight is 283 g/mol. The maximum absolute atomic E-state index is 11.9. The SMILES string of the molecule is CCC(C)[C@H](N)C(=O)Nc1nc(Cl)c2[nH]cnc2n1. The van der Waals surface area contributed by atoms with Crippen molar-refractivity contribution in [3.63, 3.8) is 0 Å². The van der Waals surface area contributed by atoms with Crippen LogP contribution in [0.1, 0.15) is 20.3 Å². The quantitative estimate of drug-likeness (QED) is 0.733. The highest BCUT2D eigenvalue weighted by atomic mass is 35.5. The van der Waals surface area contributed by atoms with Crippen LogP contribution in [0.25, 0.3) is 11.2 Å². The Balaban J connectivity index is 2.19. The Morgan fingerprint density at radius 3 is 3.00 bits per heavy atom. The molecule has 0 bridgehead atoms.